The second-order valence-corrected chi connectivity index (χ2v) is 4.46. The predicted molar refractivity (Wildman–Crippen MR) is 65.2 cm³/mol. The minimum Gasteiger partial charge on any atom is -0.376 e. The molecule has 1 unspecified atom stereocenters. The average molecular weight is 255 g/mol. The summed E-state index contributed by atoms with van der Waals surface area (Å²) in [6, 6.07) is 1.61. The number of ether oxygens (including phenoxy) is 1. The first kappa shape index (κ1) is 12.3. The highest BCUT2D eigenvalue weighted by atomic mass is 35.5. The van der Waals surface area contributed by atoms with Crippen molar-refractivity contribution in [1.29, 1.82) is 0 Å². The smallest absolute Gasteiger partial charge is 0.252 e. The van der Waals surface area contributed by atoms with E-state index < -0.39 is 0 Å². The van der Waals surface area contributed by atoms with Gasteiger partial charge in [-0.3, -0.25) is 9.78 Å². The number of hydrogen-bond acceptors (Lipinski definition) is 3. The summed E-state index contributed by atoms with van der Waals surface area (Å²) in [7, 11) is 0. The van der Waals surface area contributed by atoms with E-state index in [2.05, 4.69) is 10.3 Å². The topological polar surface area (TPSA) is 51.2 Å². The van der Waals surface area contributed by atoms with Gasteiger partial charge in [0.15, 0.2) is 0 Å². The highest BCUT2D eigenvalue weighted by Crippen LogP contribution is 2.14. The highest BCUT2D eigenvalue weighted by Gasteiger charge is 2.16. The summed E-state index contributed by atoms with van der Waals surface area (Å²) in [4.78, 5) is 15.7. The fourth-order valence-corrected chi connectivity index (χ4v) is 2.03. The Morgan fingerprint density at radius 3 is 3.18 bits per heavy atom. The molecule has 0 spiro atoms. The molecule has 1 N–H and O–H groups in total. The molecule has 1 saturated heterocycles. The van der Waals surface area contributed by atoms with Crippen LogP contribution in [0.15, 0.2) is 18.5 Å². The molecular formula is C12H15ClN2O2. The number of rotatable bonds is 3. The maximum atomic E-state index is 11.8. The number of aromatic nitrogens is 1. The quantitative estimate of drug-likeness (QED) is 0.898. The summed E-state index contributed by atoms with van der Waals surface area (Å²) in [6.07, 6.45) is 6.43. The number of hydrogen-bond donors (Lipinski definition) is 1. The third-order valence-corrected chi connectivity index (χ3v) is 3.08. The predicted octanol–water partition coefficient (Wildman–Crippen LogP) is 2.03. The molecule has 1 aliphatic heterocycles. The highest BCUT2D eigenvalue weighted by molar-refractivity contribution is 6.33. The number of amides is 1. The van der Waals surface area contributed by atoms with Gasteiger partial charge in [-0.15, -0.1) is 0 Å². The van der Waals surface area contributed by atoms with E-state index in [-0.39, 0.29) is 12.0 Å². The van der Waals surface area contributed by atoms with Crippen molar-refractivity contribution in [1.82, 2.24) is 10.3 Å². The van der Waals surface area contributed by atoms with E-state index in [1.165, 1.54) is 6.20 Å². The van der Waals surface area contributed by atoms with Crippen LogP contribution in [0.25, 0.3) is 0 Å². The molecule has 92 valence electrons. The summed E-state index contributed by atoms with van der Waals surface area (Å²) in [5, 5.41) is 3.20. The number of nitrogens with zero attached hydrogens (tertiary/aromatic N) is 1. The summed E-state index contributed by atoms with van der Waals surface area (Å²) >= 11 is 5.89. The minimum atomic E-state index is -0.174. The van der Waals surface area contributed by atoms with Gasteiger partial charge in [0.1, 0.15) is 0 Å². The van der Waals surface area contributed by atoms with Crippen LogP contribution >= 0.6 is 11.6 Å². The first-order valence-electron chi connectivity index (χ1n) is 5.76. The largest absolute Gasteiger partial charge is 0.376 e. The van der Waals surface area contributed by atoms with Crippen LogP contribution in [-0.4, -0.2) is 30.1 Å². The summed E-state index contributed by atoms with van der Waals surface area (Å²) < 4.78 is 5.53. The number of carbonyl (C=O) groups is 1. The van der Waals surface area contributed by atoms with Crippen LogP contribution in [-0.2, 0) is 4.74 Å². The van der Waals surface area contributed by atoms with Gasteiger partial charge in [0.05, 0.1) is 16.7 Å². The molecular weight excluding hydrogens is 240 g/mol. The van der Waals surface area contributed by atoms with E-state index in [0.717, 1.165) is 25.9 Å². The maximum absolute atomic E-state index is 11.8. The maximum Gasteiger partial charge on any atom is 0.252 e. The number of halogens is 1. The van der Waals surface area contributed by atoms with Crippen molar-refractivity contribution >= 4 is 17.5 Å². The Morgan fingerprint density at radius 2 is 2.47 bits per heavy atom. The van der Waals surface area contributed by atoms with Gasteiger partial charge in [0, 0.05) is 25.5 Å². The van der Waals surface area contributed by atoms with Crippen LogP contribution in [0.2, 0.25) is 5.02 Å². The molecule has 1 aromatic rings. The third-order valence-electron chi connectivity index (χ3n) is 2.78. The molecule has 0 bridgehead atoms. The molecule has 2 heterocycles. The zero-order valence-corrected chi connectivity index (χ0v) is 10.2. The number of carbonyl (C=O) groups excluding carboxylic acids is 1. The Labute approximate surface area is 105 Å². The summed E-state index contributed by atoms with van der Waals surface area (Å²) in [6.45, 7) is 1.33. The van der Waals surface area contributed by atoms with E-state index in [1.54, 1.807) is 12.3 Å². The van der Waals surface area contributed by atoms with Crippen molar-refractivity contribution in [3.8, 4) is 0 Å². The standard InChI is InChI=1S/C12H15ClN2O2/c13-11-8-14-5-4-10(11)12(16)15-7-9-3-1-2-6-17-9/h4-5,8-9H,1-3,6-7H2,(H,15,16). The molecule has 1 atom stereocenters. The molecule has 0 radical (unpaired) electrons. The van der Waals surface area contributed by atoms with Crippen molar-refractivity contribution in [2.75, 3.05) is 13.2 Å². The molecule has 1 fully saturated rings. The average Bonchev–Trinajstić information content (AvgIpc) is 2.38. The molecule has 1 amide bonds. The van der Waals surface area contributed by atoms with E-state index in [9.17, 15) is 4.79 Å². The molecule has 0 aromatic carbocycles. The SMILES string of the molecule is O=C(NCC1CCCCO1)c1ccncc1Cl. The van der Waals surface area contributed by atoms with Gasteiger partial charge < -0.3 is 10.1 Å². The second-order valence-electron chi connectivity index (χ2n) is 4.05. The van der Waals surface area contributed by atoms with Gasteiger partial charge in [0.2, 0.25) is 0 Å². The van der Waals surface area contributed by atoms with E-state index in [4.69, 9.17) is 16.3 Å². The van der Waals surface area contributed by atoms with Gasteiger partial charge in [-0.05, 0) is 25.3 Å². The molecule has 1 aliphatic rings. The molecule has 2 rings (SSSR count). The molecule has 5 heteroatoms. The molecule has 17 heavy (non-hydrogen) atoms. The van der Waals surface area contributed by atoms with Crippen LogP contribution in [0, 0.1) is 0 Å². The van der Waals surface area contributed by atoms with Crippen LogP contribution in [0.1, 0.15) is 29.6 Å². The fraction of sp³-hybridized carbons (Fsp3) is 0.500. The van der Waals surface area contributed by atoms with Crippen LogP contribution in [0.4, 0.5) is 0 Å². The molecule has 0 aliphatic carbocycles. The van der Waals surface area contributed by atoms with Crippen LogP contribution in [0.5, 0.6) is 0 Å². The van der Waals surface area contributed by atoms with Crippen LogP contribution in [0.3, 0.4) is 0 Å². The Hall–Kier alpha value is -1.13. The Bertz CT molecular complexity index is 392. The summed E-state index contributed by atoms with van der Waals surface area (Å²) in [5.74, 6) is -0.174. The van der Waals surface area contributed by atoms with Gasteiger partial charge in [0.25, 0.3) is 5.91 Å². The first-order valence-corrected chi connectivity index (χ1v) is 6.14. The van der Waals surface area contributed by atoms with E-state index in [1.807, 2.05) is 0 Å². The lowest BCUT2D eigenvalue weighted by molar-refractivity contribution is 0.0169. The van der Waals surface area contributed by atoms with E-state index >= 15 is 0 Å². The Balaban J connectivity index is 1.87. The van der Waals surface area contributed by atoms with Gasteiger partial charge >= 0.3 is 0 Å². The third kappa shape index (κ3) is 3.41. The number of pyridine rings is 1. The minimum absolute atomic E-state index is 0.133. The lowest BCUT2D eigenvalue weighted by Crippen LogP contribution is -2.35. The van der Waals surface area contributed by atoms with Gasteiger partial charge in [-0.25, -0.2) is 0 Å². The molecule has 4 nitrogen and oxygen atoms in total. The van der Waals surface area contributed by atoms with E-state index in [0.29, 0.717) is 17.1 Å². The second kappa shape index (κ2) is 5.98. The monoisotopic (exact) mass is 254 g/mol. The Kier molecular flexibility index (Phi) is 4.34. The first-order chi connectivity index (χ1) is 8.27. The van der Waals surface area contributed by atoms with Crippen LogP contribution < -0.4 is 5.32 Å². The fourth-order valence-electron chi connectivity index (χ4n) is 1.83. The van der Waals surface area contributed by atoms with Crippen molar-refractivity contribution in [3.63, 3.8) is 0 Å². The zero-order valence-electron chi connectivity index (χ0n) is 9.49. The van der Waals surface area contributed by atoms with Crippen molar-refractivity contribution in [2.45, 2.75) is 25.4 Å². The van der Waals surface area contributed by atoms with Crippen molar-refractivity contribution < 1.29 is 9.53 Å². The summed E-state index contributed by atoms with van der Waals surface area (Å²) in [5.41, 5.74) is 0.456. The van der Waals surface area contributed by atoms with Gasteiger partial charge in [-0.1, -0.05) is 11.6 Å². The normalized spacial score (nSPS) is 19.9. The lowest BCUT2D eigenvalue weighted by atomic mass is 10.1. The molecule has 0 saturated carbocycles. The van der Waals surface area contributed by atoms with Crippen molar-refractivity contribution in [3.05, 3.63) is 29.0 Å². The van der Waals surface area contributed by atoms with Gasteiger partial charge in [-0.2, -0.15) is 0 Å². The molecule has 1 aromatic heterocycles. The lowest BCUT2D eigenvalue weighted by Gasteiger charge is -2.22. The Morgan fingerprint density at radius 1 is 1.59 bits per heavy atom. The van der Waals surface area contributed by atoms with Crippen molar-refractivity contribution in [2.24, 2.45) is 0 Å². The number of nitrogens with one attached hydrogen (secondary N) is 1. The zero-order chi connectivity index (χ0) is 12.1.